The van der Waals surface area contributed by atoms with E-state index in [0.29, 0.717) is 6.61 Å². The topological polar surface area (TPSA) is 9.23 Å². The van der Waals surface area contributed by atoms with Crippen LogP contribution in [0.1, 0.15) is 56.9 Å². The summed E-state index contributed by atoms with van der Waals surface area (Å²) in [7, 11) is -1.47. The summed E-state index contributed by atoms with van der Waals surface area (Å²) in [5.74, 6) is 2.67. The first-order valence-corrected chi connectivity index (χ1v) is 12.5. The molecule has 0 saturated heterocycles. The number of hydrogen-bond donors (Lipinski definition) is 0. The minimum absolute atomic E-state index is 0.712. The second kappa shape index (κ2) is 9.07. The molecule has 0 unspecified atom stereocenters. The normalized spacial score (nSPS) is 22.5. The van der Waals surface area contributed by atoms with Crippen LogP contribution < -0.4 is 4.74 Å². The van der Waals surface area contributed by atoms with Crippen LogP contribution in [0.4, 0.5) is 0 Å². The molecule has 4 heteroatoms. The Morgan fingerprint density at radius 2 is 1.76 bits per heavy atom. The van der Waals surface area contributed by atoms with E-state index in [-0.39, 0.29) is 0 Å². The van der Waals surface area contributed by atoms with Gasteiger partial charge in [0, 0.05) is 0 Å². The number of hydrogen-bond acceptors (Lipinski definition) is 1. The lowest BCUT2D eigenvalue weighted by molar-refractivity contribution is 0.313. The molecule has 0 atom stereocenters. The maximum atomic E-state index is 5.84. The van der Waals surface area contributed by atoms with E-state index < -0.39 is 7.42 Å². The van der Waals surface area contributed by atoms with E-state index >= 15 is 0 Å². The van der Waals surface area contributed by atoms with E-state index in [2.05, 4.69) is 31.2 Å². The summed E-state index contributed by atoms with van der Waals surface area (Å²) >= 11 is 11.7. The van der Waals surface area contributed by atoms with Gasteiger partial charge >= 0.3 is 0 Å². The third-order valence-electron chi connectivity index (χ3n) is 4.61. The number of ether oxygens (including phenoxy) is 1. The third-order valence-corrected chi connectivity index (χ3v) is 6.77. The van der Waals surface area contributed by atoms with Gasteiger partial charge < -0.3 is 4.74 Å². The molecule has 0 bridgehead atoms. The molecule has 1 aliphatic rings. The van der Waals surface area contributed by atoms with Crippen molar-refractivity contribution in [2.75, 3.05) is 6.61 Å². The Kier molecular flexibility index (Phi) is 7.42. The zero-order valence-electron chi connectivity index (χ0n) is 12.9. The van der Waals surface area contributed by atoms with Crippen molar-refractivity contribution >= 4 is 29.6 Å². The van der Waals surface area contributed by atoms with Crippen LogP contribution in [0.25, 0.3) is 0 Å². The summed E-state index contributed by atoms with van der Waals surface area (Å²) in [6, 6.07) is 9.62. The highest BCUT2D eigenvalue weighted by atomic mass is 35.7. The predicted octanol–water partition coefficient (Wildman–Crippen LogP) is 5.84. The lowest BCUT2D eigenvalue weighted by atomic mass is 9.78. The fraction of sp³-hybridized carbons (Fsp3) is 0.647. The van der Waals surface area contributed by atoms with E-state index in [4.69, 9.17) is 26.9 Å². The van der Waals surface area contributed by atoms with E-state index in [9.17, 15) is 0 Å². The Balaban J connectivity index is 1.77. The Morgan fingerprint density at radius 1 is 1.10 bits per heavy atom. The lowest BCUT2D eigenvalue weighted by Gasteiger charge is -2.28. The van der Waals surface area contributed by atoms with Crippen molar-refractivity contribution in [3.8, 4) is 5.75 Å². The minimum atomic E-state index is -1.47. The van der Waals surface area contributed by atoms with Crippen LogP contribution in [0.3, 0.4) is 0 Å². The van der Waals surface area contributed by atoms with Gasteiger partial charge in [-0.3, -0.25) is 0 Å². The lowest BCUT2D eigenvalue weighted by Crippen LogP contribution is -2.12. The average Bonchev–Trinajstić information content (AvgIpc) is 2.52. The number of halogens is 2. The zero-order chi connectivity index (χ0) is 15.1. The summed E-state index contributed by atoms with van der Waals surface area (Å²) in [4.78, 5) is 0. The quantitative estimate of drug-likeness (QED) is 0.343. The molecule has 0 spiro atoms. The number of rotatable bonds is 7. The zero-order valence-corrected chi connectivity index (χ0v) is 15.5. The highest BCUT2D eigenvalue weighted by molar-refractivity contribution is 7.33. The number of benzene rings is 1. The molecule has 1 nitrogen and oxygen atoms in total. The first kappa shape index (κ1) is 17.2. The smallest absolute Gasteiger partial charge is 0.237 e. The van der Waals surface area contributed by atoms with Gasteiger partial charge in [-0.15, -0.1) is 0 Å². The highest BCUT2D eigenvalue weighted by Crippen LogP contribution is 2.37. The van der Waals surface area contributed by atoms with Crippen molar-refractivity contribution in [1.82, 2.24) is 0 Å². The Bertz CT molecular complexity index is 400. The minimum Gasteiger partial charge on any atom is -0.494 e. The second-order valence-electron chi connectivity index (χ2n) is 6.08. The molecule has 1 fully saturated rings. The van der Waals surface area contributed by atoms with Crippen LogP contribution in [0.15, 0.2) is 24.3 Å². The van der Waals surface area contributed by atoms with Crippen LogP contribution >= 0.6 is 22.2 Å². The van der Waals surface area contributed by atoms with E-state index in [1.807, 2.05) is 0 Å². The van der Waals surface area contributed by atoms with Crippen molar-refractivity contribution in [1.29, 1.82) is 0 Å². The maximum Gasteiger partial charge on any atom is 0.237 e. The van der Waals surface area contributed by atoms with Crippen LogP contribution in [0.2, 0.25) is 6.04 Å². The van der Waals surface area contributed by atoms with Crippen molar-refractivity contribution in [2.24, 2.45) is 5.92 Å². The summed E-state index contributed by atoms with van der Waals surface area (Å²) < 4.78 is 5.74. The summed E-state index contributed by atoms with van der Waals surface area (Å²) in [6.45, 7) is 3.03. The molecule has 0 amide bonds. The molecule has 118 valence electrons. The summed E-state index contributed by atoms with van der Waals surface area (Å²) in [6.07, 6.45) is 7.76. The Hall–Kier alpha value is -0.183. The average molecular weight is 345 g/mol. The second-order valence-corrected chi connectivity index (χ2v) is 11.3. The molecule has 21 heavy (non-hydrogen) atoms. The fourth-order valence-electron chi connectivity index (χ4n) is 3.17. The van der Waals surface area contributed by atoms with Gasteiger partial charge in [0.1, 0.15) is 5.75 Å². The van der Waals surface area contributed by atoms with Crippen LogP contribution in [-0.2, 0) is 0 Å². The predicted molar refractivity (Wildman–Crippen MR) is 95.2 cm³/mol. The molecule has 0 radical (unpaired) electrons. The van der Waals surface area contributed by atoms with Gasteiger partial charge in [-0.2, -0.15) is 22.2 Å². The maximum absolute atomic E-state index is 5.84. The molecule has 1 aliphatic carbocycles. The molecule has 0 heterocycles. The van der Waals surface area contributed by atoms with Gasteiger partial charge in [0.15, 0.2) is 0 Å². The van der Waals surface area contributed by atoms with Gasteiger partial charge in [0.2, 0.25) is 7.42 Å². The van der Waals surface area contributed by atoms with Crippen molar-refractivity contribution in [3.63, 3.8) is 0 Å². The molecular weight excluding hydrogens is 319 g/mol. The van der Waals surface area contributed by atoms with Crippen LogP contribution in [0.5, 0.6) is 5.75 Å². The molecule has 1 aromatic rings. The van der Waals surface area contributed by atoms with Gasteiger partial charge in [0.25, 0.3) is 0 Å². The van der Waals surface area contributed by atoms with Crippen LogP contribution in [0, 0.1) is 5.92 Å². The molecular formula is C17H26Cl2OSi. The molecule has 0 aliphatic heterocycles. The summed E-state index contributed by atoms with van der Waals surface area (Å²) in [5, 5.41) is 0. The molecule has 1 saturated carbocycles. The largest absolute Gasteiger partial charge is 0.494 e. The Morgan fingerprint density at radius 3 is 2.33 bits per heavy atom. The van der Waals surface area contributed by atoms with Gasteiger partial charge in [-0.05, 0) is 67.7 Å². The van der Waals surface area contributed by atoms with Crippen molar-refractivity contribution in [2.45, 2.75) is 57.4 Å². The van der Waals surface area contributed by atoms with Crippen LogP contribution in [-0.4, -0.2) is 14.0 Å². The SMILES string of the molecule is CCC1CCC(c2ccc(OCCC[SiH](Cl)Cl)cc2)CC1. The molecule has 1 aromatic carbocycles. The Labute approximate surface area is 140 Å². The van der Waals surface area contributed by atoms with Gasteiger partial charge in [-0.1, -0.05) is 25.5 Å². The standard InChI is InChI=1S/C17H26Cl2OSi/c1-2-14-4-6-15(7-5-14)16-8-10-17(11-9-16)20-12-3-13-21(18)19/h8-11,14-15,21H,2-7,12-13H2,1H3. The van der Waals surface area contributed by atoms with E-state index in [0.717, 1.165) is 30.1 Å². The molecule has 0 N–H and O–H groups in total. The fourth-order valence-corrected chi connectivity index (χ4v) is 4.57. The van der Waals surface area contributed by atoms with Crippen molar-refractivity contribution < 1.29 is 4.74 Å². The van der Waals surface area contributed by atoms with Gasteiger partial charge in [0.05, 0.1) is 6.61 Å². The molecule has 2 rings (SSSR count). The van der Waals surface area contributed by atoms with Crippen molar-refractivity contribution in [3.05, 3.63) is 29.8 Å². The summed E-state index contributed by atoms with van der Waals surface area (Å²) in [5.41, 5.74) is 1.48. The van der Waals surface area contributed by atoms with E-state index in [1.54, 1.807) is 0 Å². The van der Waals surface area contributed by atoms with Gasteiger partial charge in [-0.25, -0.2) is 0 Å². The first-order chi connectivity index (χ1) is 10.2. The molecule has 0 aromatic heterocycles. The first-order valence-electron chi connectivity index (χ1n) is 8.20. The third kappa shape index (κ3) is 5.84. The monoisotopic (exact) mass is 344 g/mol. The highest BCUT2D eigenvalue weighted by Gasteiger charge is 2.21. The van der Waals surface area contributed by atoms with E-state index in [1.165, 1.54) is 37.7 Å².